The molecule has 3 heteroatoms. The average molecular weight is 261 g/mol. The van der Waals surface area contributed by atoms with Gasteiger partial charge in [-0.05, 0) is 23.7 Å². The van der Waals surface area contributed by atoms with Gasteiger partial charge in [0.05, 0.1) is 6.07 Å². The molecule has 0 spiro atoms. The van der Waals surface area contributed by atoms with Gasteiger partial charge in [0.15, 0.2) is 8.32 Å². The molecule has 0 aliphatic carbocycles. The van der Waals surface area contributed by atoms with Crippen LogP contribution in [0.4, 0.5) is 0 Å². The van der Waals surface area contributed by atoms with Gasteiger partial charge in [-0.1, -0.05) is 51.1 Å². The van der Waals surface area contributed by atoms with Crippen molar-refractivity contribution >= 4 is 8.32 Å². The highest BCUT2D eigenvalue weighted by molar-refractivity contribution is 6.74. The Morgan fingerprint density at radius 1 is 1.22 bits per heavy atom. The topological polar surface area (TPSA) is 33.0 Å². The molecule has 0 heterocycles. The van der Waals surface area contributed by atoms with Crippen molar-refractivity contribution < 1.29 is 4.43 Å². The lowest BCUT2D eigenvalue weighted by molar-refractivity contribution is 0.231. The SMILES string of the molecule is CC(C)(C)[Si](C)(C)OC(C#N)Cc1ccccc1. The van der Waals surface area contributed by atoms with Gasteiger partial charge in [-0.25, -0.2) is 0 Å². The quantitative estimate of drug-likeness (QED) is 0.763. The van der Waals surface area contributed by atoms with Crippen molar-refractivity contribution in [1.29, 1.82) is 5.26 Å². The summed E-state index contributed by atoms with van der Waals surface area (Å²) in [5.74, 6) is 0. The summed E-state index contributed by atoms with van der Waals surface area (Å²) in [6.45, 7) is 10.9. The van der Waals surface area contributed by atoms with Crippen molar-refractivity contribution in [3.05, 3.63) is 35.9 Å². The summed E-state index contributed by atoms with van der Waals surface area (Å²) in [7, 11) is -1.87. The van der Waals surface area contributed by atoms with Crippen LogP contribution in [0, 0.1) is 11.3 Å². The zero-order valence-electron chi connectivity index (χ0n) is 12.0. The van der Waals surface area contributed by atoms with E-state index in [1.54, 1.807) is 0 Å². The largest absolute Gasteiger partial charge is 0.401 e. The Balaban J connectivity index is 2.73. The molecule has 98 valence electrons. The van der Waals surface area contributed by atoms with E-state index in [2.05, 4.69) is 39.9 Å². The van der Waals surface area contributed by atoms with Crippen LogP contribution in [0.15, 0.2) is 30.3 Å². The molecule has 0 saturated heterocycles. The molecule has 0 amide bonds. The second-order valence-electron chi connectivity index (χ2n) is 6.19. The Morgan fingerprint density at radius 2 is 1.78 bits per heavy atom. The van der Waals surface area contributed by atoms with Crippen LogP contribution in [-0.4, -0.2) is 14.4 Å². The first-order chi connectivity index (χ1) is 8.26. The van der Waals surface area contributed by atoms with Gasteiger partial charge in [0.1, 0.15) is 6.10 Å². The predicted molar refractivity (Wildman–Crippen MR) is 77.8 cm³/mol. The number of benzene rings is 1. The minimum absolute atomic E-state index is 0.138. The first-order valence-corrected chi connectivity index (χ1v) is 9.28. The van der Waals surface area contributed by atoms with Crippen molar-refractivity contribution in [3.63, 3.8) is 0 Å². The maximum absolute atomic E-state index is 9.26. The fourth-order valence-corrected chi connectivity index (χ4v) is 2.68. The molecule has 2 nitrogen and oxygen atoms in total. The minimum atomic E-state index is -1.87. The van der Waals surface area contributed by atoms with Crippen molar-refractivity contribution in [3.8, 4) is 6.07 Å². The molecule has 0 saturated carbocycles. The first kappa shape index (κ1) is 14.9. The highest BCUT2D eigenvalue weighted by Crippen LogP contribution is 2.37. The molecule has 0 aliphatic rings. The van der Waals surface area contributed by atoms with E-state index < -0.39 is 8.32 Å². The van der Waals surface area contributed by atoms with Crippen molar-refractivity contribution in [2.75, 3.05) is 0 Å². The third-order valence-electron chi connectivity index (χ3n) is 3.65. The third kappa shape index (κ3) is 3.97. The maximum atomic E-state index is 9.26. The van der Waals surface area contributed by atoms with Crippen LogP contribution < -0.4 is 0 Å². The Kier molecular flexibility index (Phi) is 4.72. The van der Waals surface area contributed by atoms with Gasteiger partial charge in [0.25, 0.3) is 0 Å². The summed E-state index contributed by atoms with van der Waals surface area (Å²) in [4.78, 5) is 0. The molecule has 0 aromatic heterocycles. The second-order valence-corrected chi connectivity index (χ2v) is 10.9. The number of hydrogen-bond donors (Lipinski definition) is 0. The highest BCUT2D eigenvalue weighted by Gasteiger charge is 2.39. The van der Waals surface area contributed by atoms with Crippen molar-refractivity contribution in [2.24, 2.45) is 0 Å². The van der Waals surface area contributed by atoms with Crippen LogP contribution in [0.1, 0.15) is 26.3 Å². The highest BCUT2D eigenvalue weighted by atomic mass is 28.4. The van der Waals surface area contributed by atoms with Crippen molar-refractivity contribution in [2.45, 2.75) is 51.4 Å². The maximum Gasteiger partial charge on any atom is 0.193 e. The van der Waals surface area contributed by atoms with Gasteiger partial charge < -0.3 is 4.43 Å². The van der Waals surface area contributed by atoms with Gasteiger partial charge in [-0.15, -0.1) is 0 Å². The average Bonchev–Trinajstić information content (AvgIpc) is 2.27. The molecule has 0 radical (unpaired) electrons. The zero-order chi connectivity index (χ0) is 13.8. The summed E-state index contributed by atoms with van der Waals surface area (Å²) in [5.41, 5.74) is 1.16. The molecule has 1 atom stereocenters. The lowest BCUT2D eigenvalue weighted by Crippen LogP contribution is -2.44. The number of hydrogen-bond acceptors (Lipinski definition) is 2. The Labute approximate surface area is 112 Å². The fraction of sp³-hybridized carbons (Fsp3) is 0.533. The first-order valence-electron chi connectivity index (χ1n) is 6.37. The van der Waals surface area contributed by atoms with E-state index in [1.807, 2.05) is 30.3 Å². The summed E-state index contributed by atoms with van der Waals surface area (Å²) >= 11 is 0. The molecule has 1 rings (SSSR count). The van der Waals surface area contributed by atoms with Gasteiger partial charge >= 0.3 is 0 Å². The number of nitrogens with zero attached hydrogens (tertiary/aromatic N) is 1. The van der Waals surface area contributed by atoms with Crippen LogP contribution in [0.25, 0.3) is 0 Å². The summed E-state index contributed by atoms with van der Waals surface area (Å²) in [5, 5.41) is 9.40. The standard InChI is InChI=1S/C15H23NOSi/c1-15(2,3)18(4,5)17-14(12-16)11-13-9-7-6-8-10-13/h6-10,14H,11H2,1-5H3. The smallest absolute Gasteiger partial charge is 0.193 e. The molecule has 18 heavy (non-hydrogen) atoms. The zero-order valence-corrected chi connectivity index (χ0v) is 13.0. The van der Waals surface area contributed by atoms with E-state index in [1.165, 1.54) is 0 Å². The Morgan fingerprint density at radius 3 is 2.22 bits per heavy atom. The van der Waals surface area contributed by atoms with E-state index in [0.29, 0.717) is 6.42 Å². The summed E-state index contributed by atoms with van der Waals surface area (Å²) in [6.07, 6.45) is 0.331. The lowest BCUT2D eigenvalue weighted by atomic mass is 10.1. The van der Waals surface area contributed by atoms with E-state index in [9.17, 15) is 5.26 Å². The molecule has 0 bridgehead atoms. The van der Waals surface area contributed by atoms with E-state index in [4.69, 9.17) is 4.43 Å². The minimum Gasteiger partial charge on any atom is -0.401 e. The lowest BCUT2D eigenvalue weighted by Gasteiger charge is -2.37. The van der Waals surface area contributed by atoms with Crippen LogP contribution in [-0.2, 0) is 10.8 Å². The molecule has 1 unspecified atom stereocenters. The van der Waals surface area contributed by atoms with Crippen LogP contribution in [0.3, 0.4) is 0 Å². The molecule has 0 aliphatic heterocycles. The molecular weight excluding hydrogens is 238 g/mol. The monoisotopic (exact) mass is 261 g/mol. The second kappa shape index (κ2) is 5.68. The molecule has 1 aromatic carbocycles. The molecule has 0 N–H and O–H groups in total. The Bertz CT molecular complexity index is 414. The van der Waals surface area contributed by atoms with Crippen LogP contribution in [0.5, 0.6) is 0 Å². The van der Waals surface area contributed by atoms with E-state index in [0.717, 1.165) is 5.56 Å². The van der Waals surface area contributed by atoms with E-state index >= 15 is 0 Å². The van der Waals surface area contributed by atoms with E-state index in [-0.39, 0.29) is 11.1 Å². The predicted octanol–water partition coefficient (Wildman–Crippen LogP) is 4.14. The van der Waals surface area contributed by atoms with Gasteiger partial charge in [0, 0.05) is 6.42 Å². The summed E-state index contributed by atoms with van der Waals surface area (Å²) < 4.78 is 6.13. The van der Waals surface area contributed by atoms with Crippen LogP contribution >= 0.6 is 0 Å². The number of rotatable bonds is 4. The van der Waals surface area contributed by atoms with Gasteiger partial charge in [-0.3, -0.25) is 0 Å². The fourth-order valence-electron chi connectivity index (χ4n) is 1.47. The summed E-state index contributed by atoms with van der Waals surface area (Å²) in [6, 6.07) is 12.4. The van der Waals surface area contributed by atoms with Gasteiger partial charge in [0.2, 0.25) is 0 Å². The molecular formula is C15H23NOSi. The normalized spacial score (nSPS) is 14.0. The third-order valence-corrected chi connectivity index (χ3v) is 8.14. The molecule has 0 fully saturated rings. The Hall–Kier alpha value is -1.11. The van der Waals surface area contributed by atoms with Gasteiger partial charge in [-0.2, -0.15) is 5.26 Å². The van der Waals surface area contributed by atoms with Crippen LogP contribution in [0.2, 0.25) is 18.1 Å². The molecule has 1 aromatic rings. The number of nitriles is 1. The van der Waals surface area contributed by atoms with Crippen molar-refractivity contribution in [1.82, 2.24) is 0 Å².